The molecule has 3 rings (SSSR count). The number of nitrogen functional groups attached to an aromatic ring is 1. The van der Waals surface area contributed by atoms with E-state index in [2.05, 4.69) is 30.6 Å². The Kier molecular flexibility index (Phi) is 3.61. The standard InChI is InChI=1S/C16H25N3O2/c1-16(2,3)19-6-4-18(5-7-19)13-11-15-14(10-12(13)17)20-8-9-21-15/h10-11H,4-9,17H2,1-3H3. The maximum Gasteiger partial charge on any atom is 0.163 e. The molecule has 0 saturated carbocycles. The summed E-state index contributed by atoms with van der Waals surface area (Å²) >= 11 is 0. The van der Waals surface area contributed by atoms with Crippen LogP contribution in [0.2, 0.25) is 0 Å². The minimum atomic E-state index is 0.227. The summed E-state index contributed by atoms with van der Waals surface area (Å²) in [5, 5.41) is 0. The van der Waals surface area contributed by atoms with Gasteiger partial charge in [0, 0.05) is 43.9 Å². The Morgan fingerprint density at radius 3 is 2.10 bits per heavy atom. The fourth-order valence-electron chi connectivity index (χ4n) is 2.99. The molecule has 1 aromatic carbocycles. The molecular formula is C16H25N3O2. The quantitative estimate of drug-likeness (QED) is 0.802. The minimum Gasteiger partial charge on any atom is -0.486 e. The highest BCUT2D eigenvalue weighted by Crippen LogP contribution is 2.39. The van der Waals surface area contributed by atoms with Gasteiger partial charge in [0.25, 0.3) is 0 Å². The van der Waals surface area contributed by atoms with Crippen molar-refractivity contribution < 1.29 is 9.47 Å². The third kappa shape index (κ3) is 2.88. The van der Waals surface area contributed by atoms with Crippen LogP contribution in [-0.4, -0.2) is 49.8 Å². The minimum absolute atomic E-state index is 0.227. The molecule has 0 bridgehead atoms. The molecule has 0 unspecified atom stereocenters. The highest BCUT2D eigenvalue weighted by atomic mass is 16.6. The molecule has 2 heterocycles. The van der Waals surface area contributed by atoms with Crippen molar-refractivity contribution in [3.8, 4) is 11.5 Å². The van der Waals surface area contributed by atoms with Gasteiger partial charge in [0.15, 0.2) is 11.5 Å². The number of benzene rings is 1. The number of nitrogens with zero attached hydrogens (tertiary/aromatic N) is 2. The predicted molar refractivity (Wildman–Crippen MR) is 85.4 cm³/mol. The van der Waals surface area contributed by atoms with Gasteiger partial charge in [0.2, 0.25) is 0 Å². The van der Waals surface area contributed by atoms with Crippen LogP contribution in [0.5, 0.6) is 11.5 Å². The number of ether oxygens (including phenoxy) is 2. The summed E-state index contributed by atoms with van der Waals surface area (Å²) in [7, 11) is 0. The first-order chi connectivity index (χ1) is 9.95. The fourth-order valence-corrected chi connectivity index (χ4v) is 2.99. The molecule has 5 nitrogen and oxygen atoms in total. The molecule has 0 spiro atoms. The molecule has 116 valence electrons. The monoisotopic (exact) mass is 291 g/mol. The Bertz CT molecular complexity index is 517. The maximum absolute atomic E-state index is 6.21. The summed E-state index contributed by atoms with van der Waals surface area (Å²) in [4.78, 5) is 4.85. The Hall–Kier alpha value is -1.62. The summed E-state index contributed by atoms with van der Waals surface area (Å²) < 4.78 is 11.2. The van der Waals surface area contributed by atoms with E-state index < -0.39 is 0 Å². The second kappa shape index (κ2) is 5.30. The first kappa shape index (κ1) is 14.3. The van der Waals surface area contributed by atoms with Gasteiger partial charge in [-0.25, -0.2) is 0 Å². The molecule has 1 saturated heterocycles. The molecule has 0 amide bonds. The van der Waals surface area contributed by atoms with Crippen LogP contribution in [0, 0.1) is 0 Å². The second-order valence-electron chi connectivity index (χ2n) is 6.70. The van der Waals surface area contributed by atoms with Crippen molar-refractivity contribution in [1.82, 2.24) is 4.90 Å². The molecule has 1 fully saturated rings. The lowest BCUT2D eigenvalue weighted by Crippen LogP contribution is -2.53. The summed E-state index contributed by atoms with van der Waals surface area (Å²) in [6.07, 6.45) is 0. The van der Waals surface area contributed by atoms with Crippen molar-refractivity contribution >= 4 is 11.4 Å². The zero-order valence-corrected chi connectivity index (χ0v) is 13.2. The summed E-state index contributed by atoms with van der Waals surface area (Å²) in [5.41, 5.74) is 8.26. The molecule has 2 aliphatic rings. The van der Waals surface area contributed by atoms with E-state index in [4.69, 9.17) is 15.2 Å². The van der Waals surface area contributed by atoms with Crippen LogP contribution < -0.4 is 20.1 Å². The number of hydrogen-bond acceptors (Lipinski definition) is 5. The van der Waals surface area contributed by atoms with Gasteiger partial charge >= 0.3 is 0 Å². The molecule has 2 aliphatic heterocycles. The Labute approximate surface area is 126 Å². The lowest BCUT2D eigenvalue weighted by atomic mass is 10.0. The van der Waals surface area contributed by atoms with E-state index in [0.717, 1.165) is 49.1 Å². The molecule has 0 aliphatic carbocycles. The smallest absolute Gasteiger partial charge is 0.163 e. The topological polar surface area (TPSA) is 51.0 Å². The molecule has 0 aromatic heterocycles. The predicted octanol–water partition coefficient (Wildman–Crippen LogP) is 1.96. The van der Waals surface area contributed by atoms with Crippen molar-refractivity contribution in [2.75, 3.05) is 50.0 Å². The number of anilines is 2. The van der Waals surface area contributed by atoms with Gasteiger partial charge in [-0.3, -0.25) is 4.90 Å². The average molecular weight is 291 g/mol. The van der Waals surface area contributed by atoms with Gasteiger partial charge in [-0.2, -0.15) is 0 Å². The van der Waals surface area contributed by atoms with Gasteiger partial charge < -0.3 is 20.1 Å². The molecule has 0 radical (unpaired) electrons. The first-order valence-corrected chi connectivity index (χ1v) is 7.64. The lowest BCUT2D eigenvalue weighted by Gasteiger charge is -2.43. The largest absolute Gasteiger partial charge is 0.486 e. The number of rotatable bonds is 1. The summed E-state index contributed by atoms with van der Waals surface area (Å²) in [6.45, 7) is 12.1. The fraction of sp³-hybridized carbons (Fsp3) is 0.625. The molecule has 1 aromatic rings. The van der Waals surface area contributed by atoms with E-state index in [1.54, 1.807) is 0 Å². The van der Waals surface area contributed by atoms with E-state index in [9.17, 15) is 0 Å². The summed E-state index contributed by atoms with van der Waals surface area (Å²) in [6, 6.07) is 3.91. The van der Waals surface area contributed by atoms with Crippen LogP contribution in [0.25, 0.3) is 0 Å². The normalized spacial score (nSPS) is 19.7. The Morgan fingerprint density at radius 1 is 0.952 bits per heavy atom. The molecule has 0 atom stereocenters. The van der Waals surface area contributed by atoms with Crippen molar-refractivity contribution in [3.63, 3.8) is 0 Å². The highest BCUT2D eigenvalue weighted by Gasteiger charge is 2.27. The van der Waals surface area contributed by atoms with Crippen molar-refractivity contribution in [2.24, 2.45) is 0 Å². The van der Waals surface area contributed by atoms with E-state index >= 15 is 0 Å². The van der Waals surface area contributed by atoms with Crippen LogP contribution in [0.1, 0.15) is 20.8 Å². The second-order valence-corrected chi connectivity index (χ2v) is 6.70. The highest BCUT2D eigenvalue weighted by molar-refractivity contribution is 5.73. The number of hydrogen-bond donors (Lipinski definition) is 1. The van der Waals surface area contributed by atoms with Gasteiger partial charge in [-0.15, -0.1) is 0 Å². The third-order valence-corrected chi connectivity index (χ3v) is 4.26. The van der Waals surface area contributed by atoms with Gasteiger partial charge in [-0.05, 0) is 20.8 Å². The van der Waals surface area contributed by atoms with E-state index in [1.165, 1.54) is 0 Å². The van der Waals surface area contributed by atoms with Crippen LogP contribution in [0.3, 0.4) is 0 Å². The van der Waals surface area contributed by atoms with Crippen molar-refractivity contribution in [3.05, 3.63) is 12.1 Å². The first-order valence-electron chi connectivity index (χ1n) is 7.64. The van der Waals surface area contributed by atoms with Crippen LogP contribution >= 0.6 is 0 Å². The zero-order chi connectivity index (χ0) is 15.0. The third-order valence-electron chi connectivity index (χ3n) is 4.26. The molecule has 21 heavy (non-hydrogen) atoms. The van der Waals surface area contributed by atoms with Gasteiger partial charge in [-0.1, -0.05) is 0 Å². The van der Waals surface area contributed by atoms with Gasteiger partial charge in [0.05, 0.1) is 11.4 Å². The number of nitrogens with two attached hydrogens (primary N) is 1. The average Bonchev–Trinajstić information content (AvgIpc) is 2.46. The Balaban J connectivity index is 1.76. The molecule has 2 N–H and O–H groups in total. The Morgan fingerprint density at radius 2 is 1.52 bits per heavy atom. The summed E-state index contributed by atoms with van der Waals surface area (Å²) in [5.74, 6) is 1.57. The van der Waals surface area contributed by atoms with Crippen LogP contribution in [-0.2, 0) is 0 Å². The SMILES string of the molecule is CC(C)(C)N1CCN(c2cc3c(cc2N)OCCO3)CC1. The number of piperazine rings is 1. The zero-order valence-electron chi connectivity index (χ0n) is 13.2. The van der Waals surface area contributed by atoms with E-state index in [1.807, 2.05) is 12.1 Å². The van der Waals surface area contributed by atoms with Crippen molar-refractivity contribution in [2.45, 2.75) is 26.3 Å². The molecule has 5 heteroatoms. The van der Waals surface area contributed by atoms with Crippen molar-refractivity contribution in [1.29, 1.82) is 0 Å². The molecular weight excluding hydrogens is 266 g/mol. The van der Waals surface area contributed by atoms with E-state index in [-0.39, 0.29) is 5.54 Å². The van der Waals surface area contributed by atoms with Crippen LogP contribution in [0.4, 0.5) is 11.4 Å². The lowest BCUT2D eigenvalue weighted by molar-refractivity contribution is 0.128. The maximum atomic E-state index is 6.21. The number of fused-ring (bicyclic) bond motifs is 1. The van der Waals surface area contributed by atoms with Crippen LogP contribution in [0.15, 0.2) is 12.1 Å². The van der Waals surface area contributed by atoms with Gasteiger partial charge in [0.1, 0.15) is 13.2 Å². The van der Waals surface area contributed by atoms with E-state index in [0.29, 0.717) is 13.2 Å².